The zero-order chi connectivity index (χ0) is 13.5. The van der Waals surface area contributed by atoms with Crippen LogP contribution >= 0.6 is 0 Å². The first-order valence-electron chi connectivity index (χ1n) is 6.03. The van der Waals surface area contributed by atoms with Crippen LogP contribution in [0.1, 0.15) is 34.1 Å². The van der Waals surface area contributed by atoms with E-state index < -0.39 is 5.60 Å². The topological polar surface area (TPSA) is 29.5 Å². The van der Waals surface area contributed by atoms with Crippen LogP contribution in [0.4, 0.5) is 0 Å². The molecule has 98 valence electrons. The van der Waals surface area contributed by atoms with Crippen molar-refractivity contribution in [2.45, 2.75) is 39.7 Å². The van der Waals surface area contributed by atoms with Gasteiger partial charge >= 0.3 is 5.97 Å². The van der Waals surface area contributed by atoms with Crippen molar-refractivity contribution in [3.63, 3.8) is 0 Å². The Morgan fingerprint density at radius 1 is 1.35 bits per heavy atom. The summed E-state index contributed by atoms with van der Waals surface area (Å²) in [5.41, 5.74) is 0.492. The molecule has 0 fully saturated rings. The molecule has 0 aromatic heterocycles. The van der Waals surface area contributed by atoms with Gasteiger partial charge in [0.2, 0.25) is 0 Å². The number of carbonyl (C=O) groups excluding carboxylic acids is 1. The van der Waals surface area contributed by atoms with Crippen LogP contribution in [-0.4, -0.2) is 36.1 Å². The van der Waals surface area contributed by atoms with Gasteiger partial charge < -0.3 is 4.74 Å². The van der Waals surface area contributed by atoms with Gasteiger partial charge in [-0.3, -0.25) is 9.69 Å². The van der Waals surface area contributed by atoms with E-state index in [0.29, 0.717) is 13.1 Å². The molecule has 0 amide bonds. The van der Waals surface area contributed by atoms with E-state index in [4.69, 9.17) is 4.74 Å². The van der Waals surface area contributed by atoms with Crippen LogP contribution in [0, 0.1) is 0 Å². The van der Waals surface area contributed by atoms with Gasteiger partial charge in [0.25, 0.3) is 0 Å². The summed E-state index contributed by atoms with van der Waals surface area (Å²) < 4.78 is 5.29. The van der Waals surface area contributed by atoms with Crippen molar-refractivity contribution in [2.75, 3.05) is 19.6 Å². The van der Waals surface area contributed by atoms with Gasteiger partial charge in [-0.1, -0.05) is 26.2 Å². The number of ether oxygens (including phenoxy) is 1. The minimum absolute atomic E-state index is 0.192. The SMILES string of the molecule is C=CC(=C)CN(CCC)CC(=O)OC(C)(C)C. The van der Waals surface area contributed by atoms with Gasteiger partial charge in [0.15, 0.2) is 0 Å². The Kier molecular flexibility index (Phi) is 6.81. The van der Waals surface area contributed by atoms with E-state index in [1.807, 2.05) is 25.7 Å². The van der Waals surface area contributed by atoms with Gasteiger partial charge in [-0.15, -0.1) is 0 Å². The highest BCUT2D eigenvalue weighted by molar-refractivity contribution is 5.72. The first-order chi connectivity index (χ1) is 7.78. The Hall–Kier alpha value is -1.09. The van der Waals surface area contributed by atoms with Gasteiger partial charge in [-0.2, -0.15) is 0 Å². The second-order valence-electron chi connectivity index (χ2n) is 5.16. The Labute approximate surface area is 105 Å². The van der Waals surface area contributed by atoms with Crippen LogP contribution in [0.5, 0.6) is 0 Å². The molecular formula is C14H25NO2. The summed E-state index contributed by atoms with van der Waals surface area (Å²) in [4.78, 5) is 13.7. The summed E-state index contributed by atoms with van der Waals surface area (Å²) in [6.45, 7) is 17.1. The van der Waals surface area contributed by atoms with E-state index in [9.17, 15) is 4.79 Å². The van der Waals surface area contributed by atoms with E-state index in [-0.39, 0.29) is 5.97 Å². The lowest BCUT2D eigenvalue weighted by atomic mass is 10.2. The maximum atomic E-state index is 11.7. The molecule has 0 radical (unpaired) electrons. The number of hydrogen-bond acceptors (Lipinski definition) is 3. The minimum Gasteiger partial charge on any atom is -0.459 e. The molecule has 0 atom stereocenters. The predicted octanol–water partition coefficient (Wildman–Crippen LogP) is 2.78. The normalized spacial score (nSPS) is 11.4. The second-order valence-corrected chi connectivity index (χ2v) is 5.16. The highest BCUT2D eigenvalue weighted by Crippen LogP contribution is 2.08. The minimum atomic E-state index is -0.426. The predicted molar refractivity (Wildman–Crippen MR) is 71.9 cm³/mol. The molecule has 0 aliphatic rings. The molecule has 0 saturated carbocycles. The third-order valence-electron chi connectivity index (χ3n) is 2.03. The lowest BCUT2D eigenvalue weighted by Crippen LogP contribution is -2.36. The maximum absolute atomic E-state index is 11.7. The fourth-order valence-corrected chi connectivity index (χ4v) is 1.44. The number of rotatable bonds is 7. The van der Waals surface area contributed by atoms with Crippen molar-refractivity contribution in [3.8, 4) is 0 Å². The highest BCUT2D eigenvalue weighted by Gasteiger charge is 2.18. The number of carbonyl (C=O) groups is 1. The van der Waals surface area contributed by atoms with Gasteiger partial charge in [-0.25, -0.2) is 0 Å². The third-order valence-corrected chi connectivity index (χ3v) is 2.03. The largest absolute Gasteiger partial charge is 0.459 e. The second kappa shape index (κ2) is 7.28. The van der Waals surface area contributed by atoms with Crippen molar-refractivity contribution in [1.82, 2.24) is 4.90 Å². The van der Waals surface area contributed by atoms with Crippen molar-refractivity contribution in [2.24, 2.45) is 0 Å². The summed E-state index contributed by atoms with van der Waals surface area (Å²) in [5.74, 6) is -0.192. The summed E-state index contributed by atoms with van der Waals surface area (Å²) in [5, 5.41) is 0. The lowest BCUT2D eigenvalue weighted by molar-refractivity contribution is -0.156. The fraction of sp³-hybridized carbons (Fsp3) is 0.643. The summed E-state index contributed by atoms with van der Waals surface area (Å²) in [6.07, 6.45) is 2.71. The number of esters is 1. The quantitative estimate of drug-likeness (QED) is 0.505. The van der Waals surface area contributed by atoms with Gasteiger partial charge in [0, 0.05) is 6.54 Å². The van der Waals surface area contributed by atoms with E-state index in [1.54, 1.807) is 6.08 Å². The summed E-state index contributed by atoms with van der Waals surface area (Å²) in [6, 6.07) is 0. The Morgan fingerprint density at radius 2 is 1.94 bits per heavy atom. The van der Waals surface area contributed by atoms with Gasteiger partial charge in [-0.05, 0) is 39.3 Å². The van der Waals surface area contributed by atoms with Crippen LogP contribution < -0.4 is 0 Å². The van der Waals surface area contributed by atoms with Crippen LogP contribution in [0.3, 0.4) is 0 Å². The van der Waals surface area contributed by atoms with E-state index >= 15 is 0 Å². The molecule has 0 rings (SSSR count). The summed E-state index contributed by atoms with van der Waals surface area (Å²) >= 11 is 0. The zero-order valence-corrected chi connectivity index (χ0v) is 11.6. The van der Waals surface area contributed by atoms with Crippen molar-refractivity contribution in [3.05, 3.63) is 24.8 Å². The molecule has 0 saturated heterocycles. The average Bonchev–Trinajstić information content (AvgIpc) is 2.14. The molecule has 0 aromatic rings. The highest BCUT2D eigenvalue weighted by atomic mass is 16.6. The molecule has 0 heterocycles. The smallest absolute Gasteiger partial charge is 0.320 e. The Bertz CT molecular complexity index is 276. The Balaban J connectivity index is 4.28. The molecule has 0 N–H and O–H groups in total. The van der Waals surface area contributed by atoms with E-state index in [1.165, 1.54) is 0 Å². The van der Waals surface area contributed by atoms with Crippen LogP contribution in [0.2, 0.25) is 0 Å². The zero-order valence-electron chi connectivity index (χ0n) is 11.6. The molecule has 3 nitrogen and oxygen atoms in total. The van der Waals surface area contributed by atoms with E-state index in [0.717, 1.165) is 18.5 Å². The van der Waals surface area contributed by atoms with Crippen molar-refractivity contribution < 1.29 is 9.53 Å². The fourth-order valence-electron chi connectivity index (χ4n) is 1.44. The first kappa shape index (κ1) is 15.9. The van der Waals surface area contributed by atoms with E-state index in [2.05, 4.69) is 20.1 Å². The van der Waals surface area contributed by atoms with Crippen molar-refractivity contribution >= 4 is 5.97 Å². The molecule has 0 aliphatic heterocycles. The number of hydrogen-bond donors (Lipinski definition) is 0. The summed E-state index contributed by atoms with van der Waals surface area (Å²) in [7, 11) is 0. The molecule has 3 heteroatoms. The third kappa shape index (κ3) is 8.69. The van der Waals surface area contributed by atoms with Crippen LogP contribution in [0.25, 0.3) is 0 Å². The molecule has 0 aromatic carbocycles. The van der Waals surface area contributed by atoms with Crippen molar-refractivity contribution in [1.29, 1.82) is 0 Å². The van der Waals surface area contributed by atoms with Gasteiger partial charge in [0.05, 0.1) is 6.54 Å². The maximum Gasteiger partial charge on any atom is 0.320 e. The van der Waals surface area contributed by atoms with Crippen LogP contribution in [0.15, 0.2) is 24.8 Å². The molecule has 0 spiro atoms. The standard InChI is InChI=1S/C14H25NO2/c1-7-9-15(10-12(3)8-2)11-13(16)17-14(4,5)6/h8H,2-3,7,9-11H2,1,4-6H3. The van der Waals surface area contributed by atoms with Crippen LogP contribution in [-0.2, 0) is 9.53 Å². The van der Waals surface area contributed by atoms with Gasteiger partial charge in [0.1, 0.15) is 5.60 Å². The number of nitrogens with zero attached hydrogens (tertiary/aromatic N) is 1. The first-order valence-corrected chi connectivity index (χ1v) is 6.03. The Morgan fingerprint density at radius 3 is 2.35 bits per heavy atom. The molecule has 0 aliphatic carbocycles. The molecule has 0 unspecified atom stereocenters. The lowest BCUT2D eigenvalue weighted by Gasteiger charge is -2.24. The molecule has 17 heavy (non-hydrogen) atoms. The average molecular weight is 239 g/mol. The molecular weight excluding hydrogens is 214 g/mol. The molecule has 0 bridgehead atoms. The monoisotopic (exact) mass is 239 g/mol.